The summed E-state index contributed by atoms with van der Waals surface area (Å²) in [5.74, 6) is 1.63. The van der Waals surface area contributed by atoms with Gasteiger partial charge in [0.05, 0.1) is 13.7 Å². The quantitative estimate of drug-likeness (QED) is 0.848. The van der Waals surface area contributed by atoms with Crippen LogP contribution in [0.25, 0.3) is 0 Å². The van der Waals surface area contributed by atoms with Crippen LogP contribution in [-0.4, -0.2) is 19.6 Å². The maximum atomic E-state index is 11.9. The Morgan fingerprint density at radius 3 is 2.23 bits per heavy atom. The molecule has 1 amide bonds. The van der Waals surface area contributed by atoms with E-state index in [-0.39, 0.29) is 5.91 Å². The number of carbonyl (C=O) groups excluding carboxylic acids is 1. The van der Waals surface area contributed by atoms with E-state index in [1.807, 2.05) is 55.5 Å². The summed E-state index contributed by atoms with van der Waals surface area (Å²) >= 11 is 0. The van der Waals surface area contributed by atoms with Gasteiger partial charge in [0.2, 0.25) is 5.91 Å². The van der Waals surface area contributed by atoms with E-state index in [0.717, 1.165) is 22.7 Å². The second-order valence-electron chi connectivity index (χ2n) is 4.85. The Morgan fingerprint density at radius 1 is 1.00 bits per heavy atom. The Balaban J connectivity index is 1.81. The van der Waals surface area contributed by atoms with Gasteiger partial charge in [-0.2, -0.15) is 0 Å². The van der Waals surface area contributed by atoms with Gasteiger partial charge in [0.15, 0.2) is 0 Å². The van der Waals surface area contributed by atoms with Crippen molar-refractivity contribution in [2.24, 2.45) is 0 Å². The van der Waals surface area contributed by atoms with Crippen LogP contribution in [0.1, 0.15) is 18.9 Å². The number of hydrogen-bond acceptors (Lipinski definition) is 3. The number of amides is 1. The standard InChI is InChI=1S/C18H21NO3/c1-3-22-17-9-4-14(5-10-17)6-13-18(20)19-15-7-11-16(21-2)12-8-15/h4-5,7-12H,3,6,13H2,1-2H3,(H,19,20). The molecule has 0 atom stereocenters. The third-order valence-electron chi connectivity index (χ3n) is 3.25. The summed E-state index contributed by atoms with van der Waals surface area (Å²) in [4.78, 5) is 11.9. The van der Waals surface area contributed by atoms with Gasteiger partial charge < -0.3 is 14.8 Å². The minimum Gasteiger partial charge on any atom is -0.497 e. The molecule has 0 radical (unpaired) electrons. The maximum Gasteiger partial charge on any atom is 0.224 e. The molecule has 0 aliphatic heterocycles. The summed E-state index contributed by atoms with van der Waals surface area (Å²) in [6.45, 7) is 2.61. The van der Waals surface area contributed by atoms with E-state index in [9.17, 15) is 4.79 Å². The minimum absolute atomic E-state index is 0.000878. The number of hydrogen-bond donors (Lipinski definition) is 1. The van der Waals surface area contributed by atoms with Crippen molar-refractivity contribution < 1.29 is 14.3 Å². The molecule has 0 saturated carbocycles. The molecule has 116 valence electrons. The van der Waals surface area contributed by atoms with Gasteiger partial charge in [0, 0.05) is 12.1 Å². The van der Waals surface area contributed by atoms with Crippen molar-refractivity contribution in [1.82, 2.24) is 0 Å². The van der Waals surface area contributed by atoms with E-state index < -0.39 is 0 Å². The first-order chi connectivity index (χ1) is 10.7. The van der Waals surface area contributed by atoms with Crippen molar-refractivity contribution in [3.63, 3.8) is 0 Å². The van der Waals surface area contributed by atoms with Crippen molar-refractivity contribution in [2.75, 3.05) is 19.0 Å². The summed E-state index contributed by atoms with van der Waals surface area (Å²) in [5, 5.41) is 2.88. The monoisotopic (exact) mass is 299 g/mol. The van der Waals surface area contributed by atoms with Crippen LogP contribution >= 0.6 is 0 Å². The van der Waals surface area contributed by atoms with E-state index in [4.69, 9.17) is 9.47 Å². The van der Waals surface area contributed by atoms with Gasteiger partial charge in [-0.1, -0.05) is 12.1 Å². The lowest BCUT2D eigenvalue weighted by Gasteiger charge is -2.07. The first-order valence-electron chi connectivity index (χ1n) is 7.37. The van der Waals surface area contributed by atoms with Gasteiger partial charge in [0.1, 0.15) is 11.5 Å². The van der Waals surface area contributed by atoms with Crippen molar-refractivity contribution in [2.45, 2.75) is 19.8 Å². The number of rotatable bonds is 7. The molecule has 2 rings (SSSR count). The van der Waals surface area contributed by atoms with E-state index in [0.29, 0.717) is 19.4 Å². The number of benzene rings is 2. The third-order valence-corrected chi connectivity index (χ3v) is 3.25. The molecular formula is C18H21NO3. The SMILES string of the molecule is CCOc1ccc(CCC(=O)Nc2ccc(OC)cc2)cc1. The van der Waals surface area contributed by atoms with Crippen molar-refractivity contribution >= 4 is 11.6 Å². The molecule has 0 aliphatic carbocycles. The average molecular weight is 299 g/mol. The summed E-state index contributed by atoms with van der Waals surface area (Å²) in [6.07, 6.45) is 1.15. The molecule has 2 aromatic rings. The Kier molecular flexibility index (Phi) is 5.83. The van der Waals surface area contributed by atoms with Gasteiger partial charge >= 0.3 is 0 Å². The first kappa shape index (κ1) is 15.9. The largest absolute Gasteiger partial charge is 0.497 e. The van der Waals surface area contributed by atoms with Crippen molar-refractivity contribution in [3.8, 4) is 11.5 Å². The van der Waals surface area contributed by atoms with E-state index in [2.05, 4.69) is 5.32 Å². The number of methoxy groups -OCH3 is 1. The highest BCUT2D eigenvalue weighted by atomic mass is 16.5. The number of aryl methyl sites for hydroxylation is 1. The second kappa shape index (κ2) is 8.08. The fourth-order valence-electron chi connectivity index (χ4n) is 2.07. The third kappa shape index (κ3) is 4.81. The Bertz CT molecular complexity index is 591. The highest BCUT2D eigenvalue weighted by Gasteiger charge is 2.04. The molecule has 4 heteroatoms. The molecule has 4 nitrogen and oxygen atoms in total. The molecule has 1 N–H and O–H groups in total. The molecule has 0 aromatic heterocycles. The molecule has 0 saturated heterocycles. The molecule has 0 fully saturated rings. The Labute approximate surface area is 131 Å². The smallest absolute Gasteiger partial charge is 0.224 e. The number of ether oxygens (including phenoxy) is 2. The molecule has 0 bridgehead atoms. The number of carbonyl (C=O) groups is 1. The highest BCUT2D eigenvalue weighted by Crippen LogP contribution is 2.16. The lowest BCUT2D eigenvalue weighted by Crippen LogP contribution is -2.12. The van der Waals surface area contributed by atoms with Crippen LogP contribution in [0.2, 0.25) is 0 Å². The zero-order valence-electron chi connectivity index (χ0n) is 13.0. The minimum atomic E-state index is -0.000878. The van der Waals surface area contributed by atoms with E-state index >= 15 is 0 Å². The van der Waals surface area contributed by atoms with Crippen LogP contribution < -0.4 is 14.8 Å². The Hall–Kier alpha value is -2.49. The fraction of sp³-hybridized carbons (Fsp3) is 0.278. The highest BCUT2D eigenvalue weighted by molar-refractivity contribution is 5.90. The first-order valence-corrected chi connectivity index (χ1v) is 7.37. The van der Waals surface area contributed by atoms with Crippen LogP contribution in [0.15, 0.2) is 48.5 Å². The van der Waals surface area contributed by atoms with Crippen LogP contribution in [0.3, 0.4) is 0 Å². The lowest BCUT2D eigenvalue weighted by atomic mass is 10.1. The van der Waals surface area contributed by atoms with Gasteiger partial charge in [-0.3, -0.25) is 4.79 Å². The summed E-state index contributed by atoms with van der Waals surface area (Å²) in [7, 11) is 1.62. The van der Waals surface area contributed by atoms with Crippen molar-refractivity contribution in [1.29, 1.82) is 0 Å². The number of nitrogens with one attached hydrogen (secondary N) is 1. The summed E-state index contributed by atoms with van der Waals surface area (Å²) in [5.41, 5.74) is 1.89. The molecule has 22 heavy (non-hydrogen) atoms. The van der Waals surface area contributed by atoms with Gasteiger partial charge in [-0.25, -0.2) is 0 Å². The van der Waals surface area contributed by atoms with Crippen LogP contribution in [0.4, 0.5) is 5.69 Å². The Morgan fingerprint density at radius 2 is 1.64 bits per heavy atom. The van der Waals surface area contributed by atoms with E-state index in [1.165, 1.54) is 0 Å². The van der Waals surface area contributed by atoms with Crippen LogP contribution in [0, 0.1) is 0 Å². The van der Waals surface area contributed by atoms with E-state index in [1.54, 1.807) is 7.11 Å². The average Bonchev–Trinajstić information content (AvgIpc) is 2.55. The predicted molar refractivity (Wildman–Crippen MR) is 87.6 cm³/mol. The summed E-state index contributed by atoms with van der Waals surface area (Å²) < 4.78 is 10.5. The topological polar surface area (TPSA) is 47.6 Å². The normalized spacial score (nSPS) is 10.1. The molecular weight excluding hydrogens is 278 g/mol. The van der Waals surface area contributed by atoms with Crippen LogP contribution in [-0.2, 0) is 11.2 Å². The van der Waals surface area contributed by atoms with Gasteiger partial charge in [0.25, 0.3) is 0 Å². The second-order valence-corrected chi connectivity index (χ2v) is 4.85. The van der Waals surface area contributed by atoms with Crippen LogP contribution in [0.5, 0.6) is 11.5 Å². The molecule has 0 heterocycles. The summed E-state index contributed by atoms with van der Waals surface area (Å²) in [6, 6.07) is 15.1. The molecule has 0 aliphatic rings. The molecule has 0 unspecified atom stereocenters. The zero-order valence-corrected chi connectivity index (χ0v) is 13.0. The van der Waals surface area contributed by atoms with Gasteiger partial charge in [-0.05, 0) is 55.3 Å². The lowest BCUT2D eigenvalue weighted by molar-refractivity contribution is -0.116. The number of anilines is 1. The zero-order chi connectivity index (χ0) is 15.8. The predicted octanol–water partition coefficient (Wildman–Crippen LogP) is 3.67. The molecule has 0 spiro atoms. The maximum absolute atomic E-state index is 11.9. The van der Waals surface area contributed by atoms with Crippen molar-refractivity contribution in [3.05, 3.63) is 54.1 Å². The molecule has 2 aromatic carbocycles. The fourth-order valence-corrected chi connectivity index (χ4v) is 2.07. The van der Waals surface area contributed by atoms with Gasteiger partial charge in [-0.15, -0.1) is 0 Å².